The highest BCUT2D eigenvalue weighted by atomic mass is 32.2. The number of amides is 1. The summed E-state index contributed by atoms with van der Waals surface area (Å²) in [5, 5.41) is 0. The molecule has 0 bridgehead atoms. The minimum absolute atomic E-state index is 0.176. The number of nitrogens with zero attached hydrogens (tertiary/aromatic N) is 1. The van der Waals surface area contributed by atoms with Crippen LogP contribution in [0.5, 0.6) is 11.5 Å². The third-order valence-corrected chi connectivity index (χ3v) is 5.39. The number of carbonyl (C=O) groups excluding carboxylic acids is 1. The van der Waals surface area contributed by atoms with E-state index in [1.165, 1.54) is 6.26 Å². The Hall–Kier alpha value is -2.54. The highest BCUT2D eigenvalue weighted by molar-refractivity contribution is 7.90. The maximum absolute atomic E-state index is 12.9. The first-order chi connectivity index (χ1) is 12.8. The Morgan fingerprint density at radius 3 is 2.67 bits per heavy atom. The number of benzene rings is 2. The number of fused-ring (bicyclic) bond motifs is 1. The molecule has 7 heteroatoms. The van der Waals surface area contributed by atoms with E-state index in [9.17, 15) is 13.2 Å². The zero-order valence-corrected chi connectivity index (χ0v) is 16.4. The second kappa shape index (κ2) is 7.60. The molecular formula is C20H22NO5S. The van der Waals surface area contributed by atoms with E-state index in [-0.39, 0.29) is 11.7 Å². The van der Waals surface area contributed by atoms with E-state index in [0.29, 0.717) is 35.8 Å². The smallest absolute Gasteiger partial charge is 0.255 e. The van der Waals surface area contributed by atoms with E-state index in [1.54, 1.807) is 36.3 Å². The third kappa shape index (κ3) is 4.08. The van der Waals surface area contributed by atoms with Crippen LogP contribution in [-0.2, 0) is 16.4 Å². The van der Waals surface area contributed by atoms with Crippen LogP contribution in [0.25, 0.3) is 0 Å². The number of methoxy groups -OCH3 is 1. The minimum Gasteiger partial charge on any atom is -0.493 e. The number of carbonyl (C=O) groups is 1. The van der Waals surface area contributed by atoms with Gasteiger partial charge in [-0.25, -0.2) is 8.42 Å². The van der Waals surface area contributed by atoms with Gasteiger partial charge >= 0.3 is 0 Å². The lowest BCUT2D eigenvalue weighted by molar-refractivity contribution is 0.0718. The average molecular weight is 388 g/mol. The van der Waals surface area contributed by atoms with Crippen LogP contribution in [0.3, 0.4) is 0 Å². The summed E-state index contributed by atoms with van der Waals surface area (Å²) in [5.41, 5.74) is 2.03. The fraction of sp³-hybridized carbons (Fsp3) is 0.350. The first kappa shape index (κ1) is 19.2. The Balaban J connectivity index is 2.03. The second-order valence-electron chi connectivity index (χ2n) is 6.45. The Morgan fingerprint density at radius 2 is 2.04 bits per heavy atom. The lowest BCUT2D eigenvalue weighted by atomic mass is 10.1. The van der Waals surface area contributed by atoms with Crippen LogP contribution in [0, 0.1) is 6.07 Å². The van der Waals surface area contributed by atoms with E-state index in [2.05, 4.69) is 6.07 Å². The van der Waals surface area contributed by atoms with Crippen molar-refractivity contribution in [2.45, 2.75) is 19.5 Å². The summed E-state index contributed by atoms with van der Waals surface area (Å²) in [7, 11) is -1.79. The maximum Gasteiger partial charge on any atom is 0.255 e. The van der Waals surface area contributed by atoms with Gasteiger partial charge in [-0.3, -0.25) is 4.79 Å². The van der Waals surface area contributed by atoms with Crippen molar-refractivity contribution < 1.29 is 22.7 Å². The molecule has 6 nitrogen and oxygen atoms in total. The predicted molar refractivity (Wildman–Crippen MR) is 102 cm³/mol. The molecule has 2 aromatic rings. The van der Waals surface area contributed by atoms with Crippen LogP contribution in [0.15, 0.2) is 36.4 Å². The summed E-state index contributed by atoms with van der Waals surface area (Å²) >= 11 is 0. The quantitative estimate of drug-likeness (QED) is 0.729. The van der Waals surface area contributed by atoms with E-state index in [1.807, 2.05) is 19.1 Å². The van der Waals surface area contributed by atoms with Crippen molar-refractivity contribution >= 4 is 15.7 Å². The van der Waals surface area contributed by atoms with Crippen LogP contribution < -0.4 is 9.47 Å². The van der Waals surface area contributed by atoms with E-state index in [4.69, 9.17) is 9.47 Å². The number of hydrogen-bond acceptors (Lipinski definition) is 5. The lowest BCUT2D eigenvalue weighted by Gasteiger charge is -2.28. The number of ether oxygens (including phenoxy) is 2. The molecule has 1 aliphatic heterocycles. The molecule has 0 saturated heterocycles. The van der Waals surface area contributed by atoms with Gasteiger partial charge in [0, 0.05) is 12.8 Å². The fourth-order valence-electron chi connectivity index (χ4n) is 3.28. The van der Waals surface area contributed by atoms with Crippen molar-refractivity contribution in [1.82, 2.24) is 4.90 Å². The van der Waals surface area contributed by atoms with Gasteiger partial charge < -0.3 is 14.4 Å². The molecule has 0 fully saturated rings. The van der Waals surface area contributed by atoms with Gasteiger partial charge in [0.1, 0.15) is 9.84 Å². The minimum atomic E-state index is -3.34. The molecule has 2 aromatic carbocycles. The van der Waals surface area contributed by atoms with Crippen LogP contribution in [0.4, 0.5) is 0 Å². The summed E-state index contributed by atoms with van der Waals surface area (Å²) in [6, 6.07) is 13.0. The van der Waals surface area contributed by atoms with E-state index < -0.39 is 15.9 Å². The molecule has 0 unspecified atom stereocenters. The van der Waals surface area contributed by atoms with Crippen LogP contribution in [0.2, 0.25) is 0 Å². The van der Waals surface area contributed by atoms with Gasteiger partial charge in [0.25, 0.3) is 5.91 Å². The molecule has 0 saturated carbocycles. The summed E-state index contributed by atoms with van der Waals surface area (Å²) in [4.78, 5) is 14.5. The summed E-state index contributed by atoms with van der Waals surface area (Å²) in [6.45, 7) is 2.65. The normalized spacial score (nSPS) is 14.8. The SMILES string of the molecule is CCOc1cc([C@@H](CS(C)(=O)=O)N2Cc3ccc[c]c3C2=O)ccc1OC. The molecule has 1 aliphatic rings. The van der Waals surface area contributed by atoms with Gasteiger partial charge in [0.15, 0.2) is 11.5 Å². The molecule has 1 atom stereocenters. The van der Waals surface area contributed by atoms with Gasteiger partial charge in [-0.15, -0.1) is 0 Å². The predicted octanol–water partition coefficient (Wildman–Crippen LogP) is 2.64. The molecule has 27 heavy (non-hydrogen) atoms. The Morgan fingerprint density at radius 1 is 1.26 bits per heavy atom. The highest BCUT2D eigenvalue weighted by Gasteiger charge is 2.35. The first-order valence-corrected chi connectivity index (χ1v) is 10.7. The maximum atomic E-state index is 12.9. The Labute approximate surface area is 159 Å². The van der Waals surface area contributed by atoms with Crippen LogP contribution in [-0.4, -0.2) is 45.0 Å². The molecule has 0 aromatic heterocycles. The summed E-state index contributed by atoms with van der Waals surface area (Å²) in [5.74, 6) is 0.688. The largest absolute Gasteiger partial charge is 0.493 e. The van der Waals surface area contributed by atoms with Gasteiger partial charge in [-0.2, -0.15) is 0 Å². The summed E-state index contributed by atoms with van der Waals surface area (Å²) < 4.78 is 35.1. The topological polar surface area (TPSA) is 72.9 Å². The van der Waals surface area contributed by atoms with Gasteiger partial charge in [0.2, 0.25) is 0 Å². The van der Waals surface area contributed by atoms with Crippen molar-refractivity contribution in [3.05, 3.63) is 59.2 Å². The van der Waals surface area contributed by atoms with Crippen LogP contribution in [0.1, 0.15) is 34.5 Å². The molecule has 3 rings (SSSR count). The van der Waals surface area contributed by atoms with Gasteiger partial charge in [0.05, 0.1) is 31.1 Å². The zero-order chi connectivity index (χ0) is 19.6. The van der Waals surface area contributed by atoms with Gasteiger partial charge in [-0.1, -0.05) is 24.3 Å². The molecule has 0 N–H and O–H groups in total. The molecule has 0 aliphatic carbocycles. The van der Waals surface area contributed by atoms with Gasteiger partial charge in [-0.05, 0) is 36.2 Å². The van der Waals surface area contributed by atoms with E-state index >= 15 is 0 Å². The van der Waals surface area contributed by atoms with Crippen LogP contribution >= 0.6 is 0 Å². The second-order valence-corrected chi connectivity index (χ2v) is 8.64. The number of hydrogen-bond donors (Lipinski definition) is 0. The Kier molecular flexibility index (Phi) is 5.41. The molecular weight excluding hydrogens is 366 g/mol. The van der Waals surface area contributed by atoms with Crippen molar-refractivity contribution in [1.29, 1.82) is 0 Å². The standard InChI is InChI=1S/C20H22NO5S/c1-4-26-19-11-14(9-10-18(19)25-2)17(13-27(3,23)24)21-12-15-7-5-6-8-16(15)20(21)22/h5-7,9-11,17H,4,12-13H2,1-3H3/t17-/m1/s1. The van der Waals surface area contributed by atoms with Crippen molar-refractivity contribution in [3.8, 4) is 11.5 Å². The van der Waals surface area contributed by atoms with Crippen molar-refractivity contribution in [2.24, 2.45) is 0 Å². The highest BCUT2D eigenvalue weighted by Crippen LogP contribution is 2.36. The monoisotopic (exact) mass is 388 g/mol. The molecule has 1 radical (unpaired) electrons. The van der Waals surface area contributed by atoms with E-state index in [0.717, 1.165) is 5.56 Å². The molecule has 0 spiro atoms. The average Bonchev–Trinajstić information content (AvgIpc) is 2.96. The zero-order valence-electron chi connectivity index (χ0n) is 15.6. The molecule has 143 valence electrons. The van der Waals surface area contributed by atoms with Crippen molar-refractivity contribution in [2.75, 3.05) is 25.7 Å². The number of rotatable bonds is 7. The van der Waals surface area contributed by atoms with Crippen molar-refractivity contribution in [3.63, 3.8) is 0 Å². The summed E-state index contributed by atoms with van der Waals surface area (Å²) in [6.07, 6.45) is 1.17. The molecule has 1 heterocycles. The Bertz CT molecular complexity index is 955. The first-order valence-electron chi connectivity index (χ1n) is 8.63. The lowest BCUT2D eigenvalue weighted by Crippen LogP contribution is -2.33. The fourth-order valence-corrected chi connectivity index (χ4v) is 4.22. The third-order valence-electron chi connectivity index (χ3n) is 4.47. The number of sulfone groups is 1. The molecule has 1 amide bonds.